The second kappa shape index (κ2) is 11.3. The minimum Gasteiger partial charge on any atom is -0.490 e. The molecule has 1 atom stereocenters. The van der Waals surface area contributed by atoms with E-state index in [9.17, 15) is 9.59 Å². The van der Waals surface area contributed by atoms with Crippen LogP contribution in [0.1, 0.15) is 46.8 Å². The monoisotopic (exact) mass is 471 g/mol. The molecule has 7 heteroatoms. The van der Waals surface area contributed by atoms with Crippen LogP contribution < -0.4 is 15.8 Å². The zero-order chi connectivity index (χ0) is 24.6. The number of nitrogens with two attached hydrogens (primary N) is 1. The normalized spacial score (nSPS) is 15.0. The predicted octanol–water partition coefficient (Wildman–Crippen LogP) is 4.49. The Morgan fingerprint density at radius 1 is 1.06 bits per heavy atom. The van der Waals surface area contributed by atoms with Crippen molar-refractivity contribution in [3.8, 4) is 5.75 Å². The zero-order valence-electron chi connectivity index (χ0n) is 19.7. The van der Waals surface area contributed by atoms with E-state index in [0.717, 1.165) is 35.3 Å². The lowest BCUT2D eigenvalue weighted by Gasteiger charge is -2.26. The Hall–Kier alpha value is -4.13. The van der Waals surface area contributed by atoms with Gasteiger partial charge in [-0.15, -0.1) is 0 Å². The van der Waals surface area contributed by atoms with E-state index in [1.165, 1.54) is 0 Å². The summed E-state index contributed by atoms with van der Waals surface area (Å²) in [7, 11) is 0. The molecule has 35 heavy (non-hydrogen) atoms. The van der Waals surface area contributed by atoms with Gasteiger partial charge in [0.25, 0.3) is 5.91 Å². The summed E-state index contributed by atoms with van der Waals surface area (Å²) in [5.74, 6) is 0.697. The Balaban J connectivity index is 1.35. The number of amidine groups is 1. The standard InChI is InChI=1S/C28H29N3O4/c1-2-34-26(32)17-24-14-12-22-16-23(13-15-25(22)35-24)31-28(33)21-10-8-20(9-11-21)27(29)30-18-19-6-4-3-5-7-19/h3-11,13,15-16,24H,2,12,14,17-18H2,1H3,(H2,29,30)(H,31,33). The van der Waals surface area contributed by atoms with Crippen LogP contribution in [0.5, 0.6) is 5.75 Å². The number of hydrogen-bond donors (Lipinski definition) is 2. The molecule has 0 saturated heterocycles. The number of esters is 1. The van der Waals surface area contributed by atoms with Gasteiger partial charge >= 0.3 is 5.97 Å². The summed E-state index contributed by atoms with van der Waals surface area (Å²) in [6.07, 6.45) is 1.53. The molecule has 1 aliphatic heterocycles. The fraction of sp³-hybridized carbons (Fsp3) is 0.250. The molecule has 3 N–H and O–H groups in total. The molecule has 3 aromatic rings. The van der Waals surface area contributed by atoms with Crippen LogP contribution in [0.25, 0.3) is 0 Å². The second-order valence-corrected chi connectivity index (χ2v) is 8.33. The molecule has 0 bridgehead atoms. The summed E-state index contributed by atoms with van der Waals surface area (Å²) in [5.41, 5.74) is 10.2. The van der Waals surface area contributed by atoms with E-state index in [1.807, 2.05) is 42.5 Å². The highest BCUT2D eigenvalue weighted by Crippen LogP contribution is 2.31. The van der Waals surface area contributed by atoms with Crippen molar-refractivity contribution in [2.45, 2.75) is 38.8 Å². The van der Waals surface area contributed by atoms with E-state index in [1.54, 1.807) is 37.3 Å². The van der Waals surface area contributed by atoms with E-state index in [4.69, 9.17) is 15.2 Å². The number of fused-ring (bicyclic) bond motifs is 1. The van der Waals surface area contributed by atoms with Crippen LogP contribution in [0.2, 0.25) is 0 Å². The van der Waals surface area contributed by atoms with Crippen molar-refractivity contribution in [1.29, 1.82) is 0 Å². The lowest BCUT2D eigenvalue weighted by Crippen LogP contribution is -2.26. The van der Waals surface area contributed by atoms with Crippen molar-refractivity contribution in [2.75, 3.05) is 11.9 Å². The Kier molecular flexibility index (Phi) is 7.77. The van der Waals surface area contributed by atoms with Crippen LogP contribution in [-0.4, -0.2) is 30.4 Å². The quantitative estimate of drug-likeness (QED) is 0.286. The van der Waals surface area contributed by atoms with Crippen LogP contribution in [0.4, 0.5) is 5.69 Å². The molecule has 0 saturated carbocycles. The van der Waals surface area contributed by atoms with Crippen LogP contribution in [-0.2, 0) is 22.5 Å². The van der Waals surface area contributed by atoms with Crippen LogP contribution in [0.15, 0.2) is 77.8 Å². The van der Waals surface area contributed by atoms with Crippen molar-refractivity contribution < 1.29 is 19.1 Å². The van der Waals surface area contributed by atoms with Gasteiger partial charge < -0.3 is 20.5 Å². The third-order valence-corrected chi connectivity index (χ3v) is 5.76. The Labute approximate surface area is 205 Å². The van der Waals surface area contributed by atoms with Gasteiger partial charge in [-0.05, 0) is 61.2 Å². The molecule has 7 nitrogen and oxygen atoms in total. The SMILES string of the molecule is CCOC(=O)CC1CCc2cc(NC(=O)c3ccc(C(N)=NCc4ccccc4)cc3)ccc2O1. The highest BCUT2D eigenvalue weighted by molar-refractivity contribution is 6.05. The number of aryl methyl sites for hydroxylation is 1. The van der Waals surface area contributed by atoms with Gasteiger partial charge in [0.15, 0.2) is 0 Å². The number of hydrogen-bond acceptors (Lipinski definition) is 5. The summed E-state index contributed by atoms with van der Waals surface area (Å²) in [5, 5.41) is 2.93. The molecule has 0 spiro atoms. The first-order valence-corrected chi connectivity index (χ1v) is 11.7. The molecule has 3 aromatic carbocycles. The van der Waals surface area contributed by atoms with Gasteiger partial charge in [-0.2, -0.15) is 0 Å². The number of nitrogens with zero attached hydrogens (tertiary/aromatic N) is 1. The maximum Gasteiger partial charge on any atom is 0.309 e. The van der Waals surface area contributed by atoms with Crippen LogP contribution in [0.3, 0.4) is 0 Å². The minimum absolute atomic E-state index is 0.191. The van der Waals surface area contributed by atoms with Crippen molar-refractivity contribution >= 4 is 23.4 Å². The summed E-state index contributed by atoms with van der Waals surface area (Å²) in [4.78, 5) is 28.9. The van der Waals surface area contributed by atoms with E-state index >= 15 is 0 Å². The van der Waals surface area contributed by atoms with Gasteiger partial charge in [-0.1, -0.05) is 42.5 Å². The summed E-state index contributed by atoms with van der Waals surface area (Å²) < 4.78 is 10.9. The predicted molar refractivity (Wildman–Crippen MR) is 136 cm³/mol. The Morgan fingerprint density at radius 2 is 1.80 bits per heavy atom. The fourth-order valence-electron chi connectivity index (χ4n) is 3.92. The van der Waals surface area contributed by atoms with Gasteiger partial charge in [0.1, 0.15) is 17.7 Å². The largest absolute Gasteiger partial charge is 0.490 e. The number of nitrogens with one attached hydrogen (secondary N) is 1. The van der Waals surface area contributed by atoms with Gasteiger partial charge in [-0.25, -0.2) is 0 Å². The Morgan fingerprint density at radius 3 is 2.54 bits per heavy atom. The average Bonchev–Trinajstić information content (AvgIpc) is 2.88. The molecular formula is C28H29N3O4. The van der Waals surface area contributed by atoms with Gasteiger partial charge in [0.05, 0.1) is 19.6 Å². The summed E-state index contributed by atoms with van der Waals surface area (Å²) in [6.45, 7) is 2.65. The second-order valence-electron chi connectivity index (χ2n) is 8.33. The van der Waals surface area contributed by atoms with Crippen LogP contribution in [0, 0.1) is 0 Å². The molecule has 0 aliphatic carbocycles. The maximum absolute atomic E-state index is 12.8. The molecule has 1 unspecified atom stereocenters. The van der Waals surface area contributed by atoms with Gasteiger partial charge in [0, 0.05) is 16.8 Å². The summed E-state index contributed by atoms with van der Waals surface area (Å²) in [6, 6.07) is 22.5. The summed E-state index contributed by atoms with van der Waals surface area (Å²) >= 11 is 0. The molecule has 0 fully saturated rings. The zero-order valence-corrected chi connectivity index (χ0v) is 19.7. The Bertz CT molecular complexity index is 1210. The number of rotatable bonds is 8. The van der Waals surface area contributed by atoms with E-state index in [2.05, 4.69) is 10.3 Å². The van der Waals surface area contributed by atoms with Crippen molar-refractivity contribution in [3.63, 3.8) is 0 Å². The topological polar surface area (TPSA) is 103 Å². The van der Waals surface area contributed by atoms with Crippen molar-refractivity contribution in [1.82, 2.24) is 0 Å². The highest BCUT2D eigenvalue weighted by Gasteiger charge is 2.23. The number of benzene rings is 3. The smallest absolute Gasteiger partial charge is 0.309 e. The van der Waals surface area contributed by atoms with E-state index < -0.39 is 0 Å². The van der Waals surface area contributed by atoms with Crippen molar-refractivity contribution in [3.05, 3.63) is 95.1 Å². The highest BCUT2D eigenvalue weighted by atomic mass is 16.5. The first-order chi connectivity index (χ1) is 17.0. The maximum atomic E-state index is 12.8. The van der Waals surface area contributed by atoms with E-state index in [0.29, 0.717) is 30.2 Å². The first-order valence-electron chi connectivity index (χ1n) is 11.7. The third kappa shape index (κ3) is 6.47. The number of amides is 1. The van der Waals surface area contributed by atoms with Crippen LogP contribution >= 0.6 is 0 Å². The van der Waals surface area contributed by atoms with Gasteiger partial charge in [-0.3, -0.25) is 14.6 Å². The minimum atomic E-state index is -0.250. The third-order valence-electron chi connectivity index (χ3n) is 5.76. The molecular weight excluding hydrogens is 442 g/mol. The van der Waals surface area contributed by atoms with Crippen molar-refractivity contribution in [2.24, 2.45) is 10.7 Å². The molecule has 180 valence electrons. The van der Waals surface area contributed by atoms with Gasteiger partial charge in [0.2, 0.25) is 0 Å². The number of ether oxygens (including phenoxy) is 2. The lowest BCUT2D eigenvalue weighted by molar-refractivity contribution is -0.145. The molecule has 1 aliphatic rings. The molecule has 1 heterocycles. The molecule has 0 radical (unpaired) electrons. The lowest BCUT2D eigenvalue weighted by atomic mass is 10.00. The number of carbonyl (C=O) groups excluding carboxylic acids is 2. The first kappa shape index (κ1) is 24.0. The molecule has 0 aromatic heterocycles. The molecule has 1 amide bonds. The number of anilines is 1. The number of carbonyl (C=O) groups is 2. The average molecular weight is 472 g/mol. The van der Waals surface area contributed by atoms with E-state index in [-0.39, 0.29) is 24.4 Å². The molecule has 4 rings (SSSR count). The fourth-order valence-corrected chi connectivity index (χ4v) is 3.92. The number of aliphatic imine (C=N–C) groups is 1.